The normalized spacial score (nSPS) is 11.8. The van der Waals surface area contributed by atoms with E-state index in [9.17, 15) is 4.79 Å². The molecular formula is C14H16BrNO. The fourth-order valence-corrected chi connectivity index (χ4v) is 2.21. The van der Waals surface area contributed by atoms with Gasteiger partial charge in [0.2, 0.25) is 0 Å². The van der Waals surface area contributed by atoms with Gasteiger partial charge in [0.05, 0.1) is 17.3 Å². The summed E-state index contributed by atoms with van der Waals surface area (Å²) in [4.78, 5) is 11.5. The Morgan fingerprint density at radius 2 is 1.94 bits per heavy atom. The van der Waals surface area contributed by atoms with E-state index in [0.29, 0.717) is 19.3 Å². The molecule has 0 amide bonds. The molecule has 0 saturated carbocycles. The molecule has 0 saturated heterocycles. The van der Waals surface area contributed by atoms with E-state index in [1.165, 1.54) is 0 Å². The van der Waals surface area contributed by atoms with Gasteiger partial charge in [-0.15, -0.1) is 0 Å². The van der Waals surface area contributed by atoms with Gasteiger partial charge in [-0.1, -0.05) is 47.1 Å². The van der Waals surface area contributed by atoms with E-state index >= 15 is 0 Å². The predicted octanol–water partition coefficient (Wildman–Crippen LogP) is 3.43. The number of halogens is 1. The van der Waals surface area contributed by atoms with E-state index in [4.69, 9.17) is 5.26 Å². The highest BCUT2D eigenvalue weighted by Gasteiger charge is 2.13. The highest BCUT2D eigenvalue weighted by Crippen LogP contribution is 2.14. The Kier molecular flexibility index (Phi) is 5.93. The quantitative estimate of drug-likeness (QED) is 0.754. The average Bonchev–Trinajstić information content (AvgIpc) is 2.32. The third kappa shape index (κ3) is 4.70. The largest absolute Gasteiger partial charge is 0.298 e. The minimum Gasteiger partial charge on any atom is -0.298 e. The molecule has 0 aliphatic heterocycles. The Morgan fingerprint density at radius 3 is 2.47 bits per heavy atom. The minimum absolute atomic E-state index is 0.0933. The van der Waals surface area contributed by atoms with Crippen LogP contribution in [-0.2, 0) is 17.6 Å². The molecule has 0 aromatic heterocycles. The number of ketones is 1. The molecule has 90 valence electrons. The van der Waals surface area contributed by atoms with Crippen molar-refractivity contribution in [3.05, 3.63) is 35.4 Å². The summed E-state index contributed by atoms with van der Waals surface area (Å²) in [5, 5.41) is 8.56. The maximum Gasteiger partial charge on any atom is 0.146 e. The van der Waals surface area contributed by atoms with Crippen LogP contribution in [0.15, 0.2) is 24.3 Å². The minimum atomic E-state index is -0.0933. The lowest BCUT2D eigenvalue weighted by Gasteiger charge is -2.08. The third-order valence-electron chi connectivity index (χ3n) is 2.57. The van der Waals surface area contributed by atoms with E-state index < -0.39 is 0 Å². The summed E-state index contributed by atoms with van der Waals surface area (Å²) in [6.45, 7) is 2.01. The summed E-state index contributed by atoms with van der Waals surface area (Å²) in [6, 6.07) is 9.98. The molecule has 3 heteroatoms. The number of hydrogen-bond acceptors (Lipinski definition) is 2. The van der Waals surface area contributed by atoms with Gasteiger partial charge in [0, 0.05) is 6.42 Å². The average molecular weight is 294 g/mol. The van der Waals surface area contributed by atoms with Crippen molar-refractivity contribution < 1.29 is 4.79 Å². The van der Waals surface area contributed by atoms with Crippen LogP contribution < -0.4 is 0 Å². The Hall–Kier alpha value is -1.14. The first-order valence-corrected chi connectivity index (χ1v) is 6.70. The number of nitrogens with zero attached hydrogens (tertiary/aromatic N) is 1. The molecule has 0 aliphatic rings. The van der Waals surface area contributed by atoms with Crippen molar-refractivity contribution in [2.45, 2.75) is 37.4 Å². The van der Waals surface area contributed by atoms with Crippen LogP contribution in [-0.4, -0.2) is 10.6 Å². The first kappa shape index (κ1) is 13.9. The Labute approximate surface area is 111 Å². The number of carbonyl (C=O) groups excluding carboxylic acids is 1. The van der Waals surface area contributed by atoms with Crippen LogP contribution in [0.2, 0.25) is 0 Å². The van der Waals surface area contributed by atoms with Crippen molar-refractivity contribution in [1.29, 1.82) is 5.26 Å². The number of hydrogen-bond donors (Lipinski definition) is 0. The van der Waals surface area contributed by atoms with Crippen molar-refractivity contribution in [1.82, 2.24) is 0 Å². The van der Waals surface area contributed by atoms with E-state index in [0.717, 1.165) is 17.5 Å². The van der Waals surface area contributed by atoms with Gasteiger partial charge >= 0.3 is 0 Å². The fourth-order valence-electron chi connectivity index (χ4n) is 1.61. The van der Waals surface area contributed by atoms with Crippen molar-refractivity contribution in [2.24, 2.45) is 0 Å². The van der Waals surface area contributed by atoms with E-state index in [-0.39, 0.29) is 10.6 Å². The number of carbonyl (C=O) groups is 1. The molecule has 0 bridgehead atoms. The monoisotopic (exact) mass is 293 g/mol. The zero-order valence-electron chi connectivity index (χ0n) is 9.95. The van der Waals surface area contributed by atoms with Crippen LogP contribution in [0.25, 0.3) is 0 Å². The SMILES string of the molecule is CCCC(=O)C(Br)Cc1ccc(CC#N)cc1. The smallest absolute Gasteiger partial charge is 0.146 e. The maximum absolute atomic E-state index is 11.6. The third-order valence-corrected chi connectivity index (χ3v) is 3.40. The van der Waals surface area contributed by atoms with Gasteiger partial charge in [0.15, 0.2) is 0 Å². The molecular weight excluding hydrogens is 278 g/mol. The summed E-state index contributed by atoms with van der Waals surface area (Å²) in [5.41, 5.74) is 2.14. The topological polar surface area (TPSA) is 40.9 Å². The van der Waals surface area contributed by atoms with Gasteiger partial charge in [0.1, 0.15) is 5.78 Å². The first-order chi connectivity index (χ1) is 8.17. The molecule has 0 heterocycles. The second kappa shape index (κ2) is 7.24. The summed E-state index contributed by atoms with van der Waals surface area (Å²) in [7, 11) is 0. The number of rotatable bonds is 6. The molecule has 1 atom stereocenters. The summed E-state index contributed by atoms with van der Waals surface area (Å²) >= 11 is 3.43. The highest BCUT2D eigenvalue weighted by atomic mass is 79.9. The fraction of sp³-hybridized carbons (Fsp3) is 0.429. The molecule has 0 aliphatic carbocycles. The molecule has 0 N–H and O–H groups in total. The van der Waals surface area contributed by atoms with Crippen molar-refractivity contribution >= 4 is 21.7 Å². The van der Waals surface area contributed by atoms with Gasteiger partial charge in [-0.3, -0.25) is 4.79 Å². The number of Topliss-reactive ketones (excluding diaryl/α,β-unsaturated/α-hetero) is 1. The number of nitriles is 1. The van der Waals surface area contributed by atoms with Crippen LogP contribution >= 0.6 is 15.9 Å². The molecule has 17 heavy (non-hydrogen) atoms. The molecule has 1 aromatic carbocycles. The van der Waals surface area contributed by atoms with E-state index in [1.807, 2.05) is 31.2 Å². The molecule has 1 aromatic rings. The molecule has 1 unspecified atom stereocenters. The number of benzene rings is 1. The Morgan fingerprint density at radius 1 is 1.35 bits per heavy atom. The molecule has 1 rings (SSSR count). The van der Waals surface area contributed by atoms with Crippen LogP contribution in [0, 0.1) is 11.3 Å². The molecule has 0 spiro atoms. The second-order valence-corrected chi connectivity index (χ2v) is 5.14. The summed E-state index contributed by atoms with van der Waals surface area (Å²) in [6.07, 6.45) is 2.67. The Bertz CT molecular complexity index is 405. The van der Waals surface area contributed by atoms with Crippen molar-refractivity contribution in [2.75, 3.05) is 0 Å². The first-order valence-electron chi connectivity index (χ1n) is 5.79. The number of alkyl halides is 1. The van der Waals surface area contributed by atoms with Crippen LogP contribution in [0.3, 0.4) is 0 Å². The zero-order chi connectivity index (χ0) is 12.7. The van der Waals surface area contributed by atoms with Gasteiger partial charge < -0.3 is 0 Å². The predicted molar refractivity (Wildman–Crippen MR) is 72.1 cm³/mol. The lowest BCUT2D eigenvalue weighted by Crippen LogP contribution is -2.16. The lowest BCUT2D eigenvalue weighted by molar-refractivity contribution is -0.118. The van der Waals surface area contributed by atoms with Crippen LogP contribution in [0.1, 0.15) is 30.9 Å². The standard InChI is InChI=1S/C14H16BrNO/c1-2-3-14(17)13(15)10-12-6-4-11(5-7-12)8-9-16/h4-7,13H,2-3,8,10H2,1H3. The van der Waals surface area contributed by atoms with E-state index in [2.05, 4.69) is 22.0 Å². The molecule has 0 fully saturated rings. The van der Waals surface area contributed by atoms with Gasteiger partial charge in [0.25, 0.3) is 0 Å². The van der Waals surface area contributed by atoms with E-state index in [1.54, 1.807) is 0 Å². The van der Waals surface area contributed by atoms with Crippen molar-refractivity contribution in [3.63, 3.8) is 0 Å². The second-order valence-electron chi connectivity index (χ2n) is 4.04. The highest BCUT2D eigenvalue weighted by molar-refractivity contribution is 9.10. The zero-order valence-corrected chi connectivity index (χ0v) is 11.5. The molecule has 0 radical (unpaired) electrons. The van der Waals surface area contributed by atoms with Crippen LogP contribution in [0.4, 0.5) is 0 Å². The molecule has 2 nitrogen and oxygen atoms in total. The summed E-state index contributed by atoms with van der Waals surface area (Å²) < 4.78 is 0. The van der Waals surface area contributed by atoms with Gasteiger partial charge in [-0.05, 0) is 24.0 Å². The lowest BCUT2D eigenvalue weighted by atomic mass is 10.0. The van der Waals surface area contributed by atoms with Crippen LogP contribution in [0.5, 0.6) is 0 Å². The van der Waals surface area contributed by atoms with Crippen molar-refractivity contribution in [3.8, 4) is 6.07 Å². The maximum atomic E-state index is 11.6. The summed E-state index contributed by atoms with van der Waals surface area (Å²) in [5.74, 6) is 0.258. The Balaban J connectivity index is 2.57. The van der Waals surface area contributed by atoms with Gasteiger partial charge in [-0.25, -0.2) is 0 Å². The van der Waals surface area contributed by atoms with Gasteiger partial charge in [-0.2, -0.15) is 5.26 Å².